The highest BCUT2D eigenvalue weighted by molar-refractivity contribution is 7.98. The Balaban J connectivity index is 2.34. The minimum absolute atomic E-state index is 0.0188. The van der Waals surface area contributed by atoms with Gasteiger partial charge in [-0.1, -0.05) is 6.92 Å². The van der Waals surface area contributed by atoms with E-state index in [1.54, 1.807) is 25.3 Å². The van der Waals surface area contributed by atoms with Crippen molar-refractivity contribution in [2.45, 2.75) is 23.8 Å². The quantitative estimate of drug-likeness (QED) is 0.664. The summed E-state index contributed by atoms with van der Waals surface area (Å²) in [5.41, 5.74) is 2.86. The van der Waals surface area contributed by atoms with E-state index < -0.39 is 9.84 Å². The number of rotatable bonds is 4. The van der Waals surface area contributed by atoms with Crippen molar-refractivity contribution in [1.29, 1.82) is 0 Å². The lowest BCUT2D eigenvalue weighted by atomic mass is 10.3. The Hall–Kier alpha value is -1.93. The number of sulfone groups is 1. The summed E-state index contributed by atoms with van der Waals surface area (Å²) in [6.45, 7) is 3.52. The fourth-order valence-corrected chi connectivity index (χ4v) is 3.91. The smallest absolute Gasteiger partial charge is 0.180 e. The van der Waals surface area contributed by atoms with Gasteiger partial charge in [0, 0.05) is 12.7 Å². The third-order valence-electron chi connectivity index (χ3n) is 3.87. The number of pyridine rings is 2. The van der Waals surface area contributed by atoms with Gasteiger partial charge in [-0.05, 0) is 31.4 Å². The number of nitrogens with zero attached hydrogens (tertiary/aromatic N) is 4. The van der Waals surface area contributed by atoms with E-state index in [2.05, 4.69) is 15.0 Å². The summed E-state index contributed by atoms with van der Waals surface area (Å²) in [4.78, 5) is 13.7. The fourth-order valence-electron chi connectivity index (χ4n) is 2.51. The fraction of sp³-hybridized carbons (Fsp3) is 0.312. The third kappa shape index (κ3) is 2.80. The second-order valence-corrected chi connectivity index (χ2v) is 8.49. The Kier molecular flexibility index (Phi) is 4.35. The van der Waals surface area contributed by atoms with Gasteiger partial charge in [0.25, 0.3) is 0 Å². The first kappa shape index (κ1) is 16.9. The lowest BCUT2D eigenvalue weighted by Crippen LogP contribution is -2.09. The van der Waals surface area contributed by atoms with Crippen molar-refractivity contribution < 1.29 is 8.42 Å². The summed E-state index contributed by atoms with van der Waals surface area (Å²) in [5, 5.41) is 0.751. The predicted octanol–water partition coefficient (Wildman–Crippen LogP) is 2.85. The minimum atomic E-state index is -3.41. The molecule has 126 valence electrons. The molecule has 8 heteroatoms. The molecule has 0 radical (unpaired) electrons. The van der Waals surface area contributed by atoms with Gasteiger partial charge in [-0.2, -0.15) is 0 Å². The van der Waals surface area contributed by atoms with Crippen LogP contribution in [0, 0.1) is 6.92 Å². The molecule has 0 N–H and O–H groups in total. The molecule has 0 saturated carbocycles. The SMILES string of the molecule is CCS(=O)(=O)c1ccc(SC)nc1-c1nc2cc(C)ncc2n1C. The maximum Gasteiger partial charge on any atom is 0.180 e. The van der Waals surface area contributed by atoms with Crippen molar-refractivity contribution in [3.05, 3.63) is 30.1 Å². The molecule has 6 nitrogen and oxygen atoms in total. The van der Waals surface area contributed by atoms with Crippen molar-refractivity contribution in [2.24, 2.45) is 7.05 Å². The molecule has 3 rings (SSSR count). The topological polar surface area (TPSA) is 77.7 Å². The van der Waals surface area contributed by atoms with Crippen LogP contribution in [-0.4, -0.2) is 39.9 Å². The zero-order chi connectivity index (χ0) is 17.5. The molecule has 0 amide bonds. The van der Waals surface area contributed by atoms with E-state index in [0.29, 0.717) is 11.5 Å². The predicted molar refractivity (Wildman–Crippen MR) is 96.0 cm³/mol. The molecule has 0 aliphatic heterocycles. The Morgan fingerprint density at radius 1 is 1.25 bits per heavy atom. The van der Waals surface area contributed by atoms with Crippen molar-refractivity contribution >= 4 is 32.6 Å². The lowest BCUT2D eigenvalue weighted by molar-refractivity contribution is 0.597. The molecule has 0 fully saturated rings. The van der Waals surface area contributed by atoms with Gasteiger partial charge < -0.3 is 4.57 Å². The maximum absolute atomic E-state index is 12.5. The molecule has 0 atom stereocenters. The van der Waals surface area contributed by atoms with Crippen LogP contribution in [0.25, 0.3) is 22.6 Å². The van der Waals surface area contributed by atoms with Gasteiger partial charge in [0.1, 0.15) is 5.69 Å². The molecule has 0 bridgehead atoms. The summed E-state index contributed by atoms with van der Waals surface area (Å²) in [7, 11) is -1.56. The van der Waals surface area contributed by atoms with Crippen LogP contribution in [0.1, 0.15) is 12.6 Å². The van der Waals surface area contributed by atoms with E-state index in [1.807, 2.05) is 30.9 Å². The molecule has 24 heavy (non-hydrogen) atoms. The van der Waals surface area contributed by atoms with Crippen molar-refractivity contribution in [3.8, 4) is 11.5 Å². The van der Waals surface area contributed by atoms with Crippen LogP contribution in [0.4, 0.5) is 0 Å². The number of hydrogen-bond donors (Lipinski definition) is 0. The van der Waals surface area contributed by atoms with E-state index >= 15 is 0 Å². The van der Waals surface area contributed by atoms with E-state index in [-0.39, 0.29) is 10.6 Å². The Morgan fingerprint density at radius 3 is 2.67 bits per heavy atom. The summed E-state index contributed by atoms with van der Waals surface area (Å²) < 4.78 is 26.8. The number of aromatic nitrogens is 4. The molecule has 0 spiro atoms. The molecule has 0 aliphatic carbocycles. The van der Waals surface area contributed by atoms with Crippen LogP contribution < -0.4 is 0 Å². The molecule has 0 unspecified atom stereocenters. The van der Waals surface area contributed by atoms with E-state index in [1.165, 1.54) is 11.8 Å². The number of imidazole rings is 1. The summed E-state index contributed by atoms with van der Waals surface area (Å²) >= 11 is 1.46. The van der Waals surface area contributed by atoms with Crippen LogP contribution in [0.3, 0.4) is 0 Å². The summed E-state index contributed by atoms with van der Waals surface area (Å²) in [5.74, 6) is 0.547. The largest absolute Gasteiger partial charge is 0.324 e. The van der Waals surface area contributed by atoms with Crippen LogP contribution >= 0.6 is 11.8 Å². The average Bonchev–Trinajstić information content (AvgIpc) is 2.90. The standard InChI is InChI=1S/C16H18N4O2S2/c1-5-24(21,22)13-6-7-14(23-4)19-15(13)16-18-11-8-10(2)17-9-12(11)20(16)3/h6-9H,5H2,1-4H3. The Bertz CT molecular complexity index is 1030. The summed E-state index contributed by atoms with van der Waals surface area (Å²) in [6, 6.07) is 5.23. The van der Waals surface area contributed by atoms with E-state index in [0.717, 1.165) is 21.8 Å². The second-order valence-electron chi connectivity index (χ2n) is 5.41. The van der Waals surface area contributed by atoms with Crippen molar-refractivity contribution in [2.75, 3.05) is 12.0 Å². The second kappa shape index (κ2) is 6.18. The van der Waals surface area contributed by atoms with Gasteiger partial charge in [0.2, 0.25) is 0 Å². The minimum Gasteiger partial charge on any atom is -0.324 e. The number of aryl methyl sites for hydroxylation is 2. The molecule has 3 aromatic heterocycles. The summed E-state index contributed by atoms with van der Waals surface area (Å²) in [6.07, 6.45) is 3.65. The normalized spacial score (nSPS) is 12.0. The van der Waals surface area contributed by atoms with E-state index in [9.17, 15) is 8.42 Å². The maximum atomic E-state index is 12.5. The highest BCUT2D eigenvalue weighted by Gasteiger charge is 2.23. The van der Waals surface area contributed by atoms with Crippen LogP contribution in [0.5, 0.6) is 0 Å². The van der Waals surface area contributed by atoms with Crippen LogP contribution in [0.2, 0.25) is 0 Å². The average molecular weight is 362 g/mol. The van der Waals surface area contributed by atoms with Crippen molar-refractivity contribution in [3.63, 3.8) is 0 Å². The number of fused-ring (bicyclic) bond motifs is 1. The highest BCUT2D eigenvalue weighted by atomic mass is 32.2. The molecular weight excluding hydrogens is 344 g/mol. The van der Waals surface area contributed by atoms with E-state index in [4.69, 9.17) is 0 Å². The van der Waals surface area contributed by atoms with Crippen molar-refractivity contribution in [1.82, 2.24) is 19.5 Å². The monoisotopic (exact) mass is 362 g/mol. The van der Waals surface area contributed by atoms with Gasteiger partial charge in [-0.15, -0.1) is 11.8 Å². The number of hydrogen-bond acceptors (Lipinski definition) is 6. The highest BCUT2D eigenvalue weighted by Crippen LogP contribution is 2.30. The molecule has 3 aromatic rings. The zero-order valence-corrected chi connectivity index (χ0v) is 15.6. The van der Waals surface area contributed by atoms with Crippen LogP contribution in [0.15, 0.2) is 34.3 Å². The third-order valence-corrected chi connectivity index (χ3v) is 6.28. The lowest BCUT2D eigenvalue weighted by Gasteiger charge is -2.10. The first-order chi connectivity index (χ1) is 11.4. The molecule has 0 saturated heterocycles. The molecular formula is C16H18N4O2S2. The van der Waals surface area contributed by atoms with Gasteiger partial charge in [-0.3, -0.25) is 4.98 Å². The zero-order valence-electron chi connectivity index (χ0n) is 13.9. The first-order valence-corrected chi connectivity index (χ1v) is 10.3. The van der Waals surface area contributed by atoms with Gasteiger partial charge >= 0.3 is 0 Å². The number of thioether (sulfide) groups is 1. The Morgan fingerprint density at radius 2 is 2.00 bits per heavy atom. The van der Waals surface area contributed by atoms with Gasteiger partial charge in [-0.25, -0.2) is 18.4 Å². The van der Waals surface area contributed by atoms with Gasteiger partial charge in [0.15, 0.2) is 15.7 Å². The molecule has 0 aromatic carbocycles. The molecule has 0 aliphatic rings. The molecule has 3 heterocycles. The Labute approximate surface area is 145 Å². The van der Waals surface area contributed by atoms with Crippen LogP contribution in [-0.2, 0) is 16.9 Å². The first-order valence-electron chi connectivity index (χ1n) is 7.44. The van der Waals surface area contributed by atoms with Gasteiger partial charge in [0.05, 0.1) is 32.9 Å².